The number of nitrogens with one attached hydrogen (secondary N) is 3. The molecule has 0 rings (SSSR count). The Bertz CT molecular complexity index is 488. The zero-order valence-corrected chi connectivity index (χ0v) is 14.4. The molecule has 0 fully saturated rings. The highest BCUT2D eigenvalue weighted by Crippen LogP contribution is 2.05. The van der Waals surface area contributed by atoms with Crippen LogP contribution < -0.4 is 21.7 Å². The minimum atomic E-state index is -4.29. The predicted octanol–water partition coefficient (Wildman–Crippen LogP) is -1.57. The van der Waals surface area contributed by atoms with Crippen molar-refractivity contribution in [1.29, 1.82) is 0 Å². The van der Waals surface area contributed by atoms with E-state index in [4.69, 9.17) is 15.0 Å². The lowest BCUT2D eigenvalue weighted by molar-refractivity contribution is -0.121. The van der Waals surface area contributed by atoms with Crippen molar-refractivity contribution in [2.45, 2.75) is 32.4 Å². The molecule has 0 heterocycles. The molecule has 0 spiro atoms. The fraction of sp³-hybridized carbons (Fsp3) is 0.833. The standard InChI is InChI=1S/C12H26N4O6S/c1-12(2,3)22-11(18)16-7-5-14-4-6-15-10(17)9(13)8-23(19,20)21/h9,14H,4-8,13H2,1-3H3,(H,15,17)(H,16,18)(H,19,20,21)/t9-/m0/s1. The van der Waals surface area contributed by atoms with Crippen LogP contribution in [0.25, 0.3) is 0 Å². The average molecular weight is 354 g/mol. The molecule has 0 aliphatic heterocycles. The molecule has 1 atom stereocenters. The second-order valence-electron chi connectivity index (χ2n) is 5.82. The van der Waals surface area contributed by atoms with E-state index in [1.807, 2.05) is 0 Å². The van der Waals surface area contributed by atoms with Gasteiger partial charge in [-0.2, -0.15) is 8.42 Å². The van der Waals surface area contributed by atoms with Crippen LogP contribution >= 0.6 is 0 Å². The van der Waals surface area contributed by atoms with Crippen molar-refractivity contribution in [3.05, 3.63) is 0 Å². The summed E-state index contributed by atoms with van der Waals surface area (Å²) in [7, 11) is -4.29. The fourth-order valence-corrected chi connectivity index (χ4v) is 2.01. The van der Waals surface area contributed by atoms with Crippen LogP contribution in [0, 0.1) is 0 Å². The third-order valence-corrected chi connectivity index (χ3v) is 3.08. The molecular formula is C12H26N4O6S. The van der Waals surface area contributed by atoms with Gasteiger partial charge < -0.3 is 26.4 Å². The largest absolute Gasteiger partial charge is 0.444 e. The average Bonchev–Trinajstić information content (AvgIpc) is 2.33. The smallest absolute Gasteiger partial charge is 0.407 e. The molecule has 0 aliphatic carbocycles. The van der Waals surface area contributed by atoms with Crippen LogP contribution in [0.3, 0.4) is 0 Å². The Hall–Kier alpha value is -1.43. The summed E-state index contributed by atoms with van der Waals surface area (Å²) < 4.78 is 34.8. The van der Waals surface area contributed by atoms with Crippen LogP contribution in [0.5, 0.6) is 0 Å². The summed E-state index contributed by atoms with van der Waals surface area (Å²) >= 11 is 0. The summed E-state index contributed by atoms with van der Waals surface area (Å²) in [5.74, 6) is -1.50. The van der Waals surface area contributed by atoms with Gasteiger partial charge in [-0.25, -0.2) is 4.79 Å². The quantitative estimate of drug-likeness (QED) is 0.245. The van der Waals surface area contributed by atoms with E-state index in [1.54, 1.807) is 20.8 Å². The number of rotatable bonds is 9. The predicted molar refractivity (Wildman–Crippen MR) is 84.5 cm³/mol. The van der Waals surface area contributed by atoms with Crippen LogP contribution in [0.2, 0.25) is 0 Å². The van der Waals surface area contributed by atoms with Crippen molar-refractivity contribution in [3.8, 4) is 0 Å². The van der Waals surface area contributed by atoms with Crippen molar-refractivity contribution in [2.75, 3.05) is 31.9 Å². The Labute approximate surface area is 136 Å². The zero-order valence-electron chi connectivity index (χ0n) is 13.6. The van der Waals surface area contributed by atoms with Crippen molar-refractivity contribution in [2.24, 2.45) is 5.73 Å². The van der Waals surface area contributed by atoms with E-state index >= 15 is 0 Å². The first-order chi connectivity index (χ1) is 10.4. The topological polar surface area (TPSA) is 160 Å². The van der Waals surface area contributed by atoms with Crippen LogP contribution in [-0.2, 0) is 19.6 Å². The highest BCUT2D eigenvalue weighted by atomic mass is 32.2. The molecule has 0 unspecified atom stereocenters. The van der Waals surface area contributed by atoms with Crippen LogP contribution in [-0.4, -0.2) is 68.5 Å². The Morgan fingerprint density at radius 3 is 2.13 bits per heavy atom. The van der Waals surface area contributed by atoms with Gasteiger partial charge in [0.1, 0.15) is 11.6 Å². The summed E-state index contributed by atoms with van der Waals surface area (Å²) in [6.07, 6.45) is -0.510. The molecule has 0 aromatic heterocycles. The molecule has 0 aromatic carbocycles. The first-order valence-electron chi connectivity index (χ1n) is 7.07. The summed E-state index contributed by atoms with van der Waals surface area (Å²) in [6.45, 7) is 6.74. The molecule has 0 bridgehead atoms. The number of carbonyl (C=O) groups excluding carboxylic acids is 2. The molecule has 0 aliphatic rings. The maximum atomic E-state index is 11.4. The van der Waals surface area contributed by atoms with Gasteiger partial charge in [-0.3, -0.25) is 9.35 Å². The Balaban J connectivity index is 3.67. The number of alkyl carbamates (subject to hydrolysis) is 1. The number of carbonyl (C=O) groups is 2. The van der Waals surface area contributed by atoms with Crippen molar-refractivity contribution in [1.82, 2.24) is 16.0 Å². The van der Waals surface area contributed by atoms with E-state index in [0.29, 0.717) is 19.6 Å². The van der Waals surface area contributed by atoms with E-state index in [9.17, 15) is 18.0 Å². The van der Waals surface area contributed by atoms with Crippen LogP contribution in [0.15, 0.2) is 0 Å². The maximum Gasteiger partial charge on any atom is 0.407 e. The number of hydrogen-bond donors (Lipinski definition) is 5. The van der Waals surface area contributed by atoms with Crippen LogP contribution in [0.4, 0.5) is 4.79 Å². The Morgan fingerprint density at radius 1 is 1.13 bits per heavy atom. The third-order valence-electron chi connectivity index (χ3n) is 2.30. The minimum absolute atomic E-state index is 0.227. The minimum Gasteiger partial charge on any atom is -0.444 e. The Morgan fingerprint density at radius 2 is 1.65 bits per heavy atom. The van der Waals surface area contributed by atoms with E-state index in [-0.39, 0.29) is 6.54 Å². The second kappa shape index (κ2) is 9.65. The molecular weight excluding hydrogens is 328 g/mol. The van der Waals surface area contributed by atoms with Gasteiger partial charge in [0, 0.05) is 26.2 Å². The first kappa shape index (κ1) is 21.6. The number of amides is 2. The second-order valence-corrected chi connectivity index (χ2v) is 7.32. The highest BCUT2D eigenvalue weighted by Gasteiger charge is 2.19. The van der Waals surface area contributed by atoms with Gasteiger partial charge in [0.15, 0.2) is 0 Å². The monoisotopic (exact) mass is 354 g/mol. The fourth-order valence-electron chi connectivity index (χ4n) is 1.40. The van der Waals surface area contributed by atoms with Gasteiger partial charge >= 0.3 is 6.09 Å². The van der Waals surface area contributed by atoms with Gasteiger partial charge in [0.25, 0.3) is 10.1 Å². The van der Waals surface area contributed by atoms with E-state index < -0.39 is 39.5 Å². The van der Waals surface area contributed by atoms with Gasteiger partial charge in [0.2, 0.25) is 5.91 Å². The summed E-state index contributed by atoms with van der Waals surface area (Å²) in [5.41, 5.74) is 4.76. The molecule has 10 nitrogen and oxygen atoms in total. The molecule has 23 heavy (non-hydrogen) atoms. The normalized spacial score (nSPS) is 13.3. The molecule has 0 radical (unpaired) electrons. The van der Waals surface area contributed by atoms with Crippen molar-refractivity contribution < 1.29 is 27.3 Å². The molecule has 0 saturated heterocycles. The summed E-state index contributed by atoms with van der Waals surface area (Å²) in [4.78, 5) is 22.7. The Kier molecular flexibility index (Phi) is 9.05. The van der Waals surface area contributed by atoms with E-state index in [1.165, 1.54) is 0 Å². The molecule has 11 heteroatoms. The summed E-state index contributed by atoms with van der Waals surface area (Å²) in [6, 6.07) is -1.32. The van der Waals surface area contributed by atoms with E-state index in [2.05, 4.69) is 16.0 Å². The number of hydrogen-bond acceptors (Lipinski definition) is 7. The highest BCUT2D eigenvalue weighted by molar-refractivity contribution is 7.85. The molecule has 136 valence electrons. The van der Waals surface area contributed by atoms with Gasteiger partial charge in [-0.15, -0.1) is 0 Å². The molecule has 2 amide bonds. The van der Waals surface area contributed by atoms with Crippen molar-refractivity contribution in [3.63, 3.8) is 0 Å². The van der Waals surface area contributed by atoms with Gasteiger partial charge in [-0.05, 0) is 20.8 Å². The molecule has 0 aromatic rings. The lowest BCUT2D eigenvalue weighted by Gasteiger charge is -2.19. The molecule has 0 saturated carbocycles. The first-order valence-corrected chi connectivity index (χ1v) is 8.67. The van der Waals surface area contributed by atoms with Crippen LogP contribution in [0.1, 0.15) is 20.8 Å². The van der Waals surface area contributed by atoms with Gasteiger partial charge in [-0.1, -0.05) is 0 Å². The SMILES string of the molecule is CC(C)(C)OC(=O)NCCNCCNC(=O)[C@@H](N)CS(=O)(=O)O. The lowest BCUT2D eigenvalue weighted by atomic mass is 10.2. The van der Waals surface area contributed by atoms with E-state index in [0.717, 1.165) is 0 Å². The van der Waals surface area contributed by atoms with Gasteiger partial charge in [0.05, 0.1) is 5.75 Å². The summed E-state index contributed by atoms with van der Waals surface area (Å²) in [5, 5.41) is 7.93. The third kappa shape index (κ3) is 13.9. The maximum absolute atomic E-state index is 11.4. The number of ether oxygens (including phenoxy) is 1. The molecule has 6 N–H and O–H groups in total. The van der Waals surface area contributed by atoms with Crippen molar-refractivity contribution >= 4 is 22.1 Å². The number of nitrogens with two attached hydrogens (primary N) is 1. The lowest BCUT2D eigenvalue weighted by Crippen LogP contribution is -2.46. The zero-order chi connectivity index (χ0) is 18.1.